The molecule has 4 rings (SSSR count). The van der Waals surface area contributed by atoms with Crippen molar-refractivity contribution in [3.8, 4) is 0 Å². The predicted octanol–water partition coefficient (Wildman–Crippen LogP) is 2.70. The summed E-state index contributed by atoms with van der Waals surface area (Å²) in [6, 6.07) is 8.07. The number of hydrogen-bond donors (Lipinski definition) is 0. The highest BCUT2D eigenvalue weighted by Gasteiger charge is 2.25. The normalized spacial score (nSPS) is 20.1. The summed E-state index contributed by atoms with van der Waals surface area (Å²) in [5.41, 5.74) is 2.17. The Morgan fingerprint density at radius 3 is 3.14 bits per heavy atom. The molecule has 1 aliphatic heterocycles. The van der Waals surface area contributed by atoms with E-state index in [4.69, 9.17) is 4.42 Å². The average Bonchev–Trinajstić information content (AvgIpc) is 3.16. The van der Waals surface area contributed by atoms with Crippen LogP contribution in [0.25, 0.3) is 5.65 Å². The summed E-state index contributed by atoms with van der Waals surface area (Å²) in [6.07, 6.45) is 8.00. The lowest BCUT2D eigenvalue weighted by atomic mass is 9.97. The summed E-state index contributed by atoms with van der Waals surface area (Å²) >= 11 is 0. The first-order chi connectivity index (χ1) is 10.4. The van der Waals surface area contributed by atoms with E-state index in [2.05, 4.69) is 25.7 Å². The third-order valence-electron chi connectivity index (χ3n) is 4.20. The first-order valence-corrected chi connectivity index (χ1v) is 7.43. The van der Waals surface area contributed by atoms with Crippen molar-refractivity contribution in [2.45, 2.75) is 25.3 Å². The Balaban J connectivity index is 1.55. The van der Waals surface area contributed by atoms with E-state index in [1.54, 1.807) is 6.26 Å². The molecule has 1 saturated heterocycles. The molecule has 0 N–H and O–H groups in total. The van der Waals surface area contributed by atoms with E-state index in [-0.39, 0.29) is 0 Å². The van der Waals surface area contributed by atoms with E-state index in [1.807, 2.05) is 30.5 Å². The van der Waals surface area contributed by atoms with Crippen LogP contribution in [0.1, 0.15) is 30.1 Å². The number of aromatic nitrogens is 3. The number of likely N-dealkylation sites (tertiary alicyclic amines) is 1. The van der Waals surface area contributed by atoms with Gasteiger partial charge in [0.2, 0.25) is 0 Å². The number of hydrogen-bond acceptors (Lipinski definition) is 4. The van der Waals surface area contributed by atoms with Gasteiger partial charge in [0.25, 0.3) is 0 Å². The van der Waals surface area contributed by atoms with Crippen LogP contribution in [0.4, 0.5) is 0 Å². The van der Waals surface area contributed by atoms with Crippen molar-refractivity contribution >= 4 is 5.65 Å². The monoisotopic (exact) mass is 282 g/mol. The number of furan rings is 1. The summed E-state index contributed by atoms with van der Waals surface area (Å²) < 4.78 is 7.28. The van der Waals surface area contributed by atoms with Crippen LogP contribution in [0, 0.1) is 0 Å². The molecule has 0 radical (unpaired) electrons. The van der Waals surface area contributed by atoms with Crippen molar-refractivity contribution < 1.29 is 4.42 Å². The average molecular weight is 282 g/mol. The van der Waals surface area contributed by atoms with Crippen LogP contribution in [-0.4, -0.2) is 32.6 Å². The number of fused-ring (bicyclic) bond motifs is 1. The molecule has 1 fully saturated rings. The Bertz CT molecular complexity index is 719. The second kappa shape index (κ2) is 5.33. The minimum atomic E-state index is 0.447. The van der Waals surface area contributed by atoms with Gasteiger partial charge in [-0.3, -0.25) is 9.30 Å². The Labute approximate surface area is 123 Å². The summed E-state index contributed by atoms with van der Waals surface area (Å²) in [4.78, 5) is 2.48. The Hall–Kier alpha value is -2.14. The van der Waals surface area contributed by atoms with Crippen LogP contribution in [-0.2, 0) is 6.54 Å². The highest BCUT2D eigenvalue weighted by molar-refractivity contribution is 5.37. The second-order valence-corrected chi connectivity index (χ2v) is 5.69. The summed E-state index contributed by atoms with van der Waals surface area (Å²) in [5.74, 6) is 1.53. The van der Waals surface area contributed by atoms with Crippen LogP contribution in [0.2, 0.25) is 0 Å². The first kappa shape index (κ1) is 12.6. The lowest BCUT2D eigenvalue weighted by Gasteiger charge is -2.31. The van der Waals surface area contributed by atoms with Crippen molar-refractivity contribution in [3.63, 3.8) is 0 Å². The van der Waals surface area contributed by atoms with Crippen molar-refractivity contribution in [2.24, 2.45) is 0 Å². The van der Waals surface area contributed by atoms with Gasteiger partial charge in [0.15, 0.2) is 5.65 Å². The predicted molar refractivity (Wildman–Crippen MR) is 78.9 cm³/mol. The molecule has 21 heavy (non-hydrogen) atoms. The van der Waals surface area contributed by atoms with Gasteiger partial charge in [-0.25, -0.2) is 0 Å². The molecule has 0 unspecified atom stereocenters. The number of nitrogens with zero attached hydrogens (tertiary/aromatic N) is 4. The fourth-order valence-corrected chi connectivity index (χ4v) is 3.19. The van der Waals surface area contributed by atoms with E-state index in [0.717, 1.165) is 31.1 Å². The van der Waals surface area contributed by atoms with Crippen molar-refractivity contribution in [1.82, 2.24) is 19.5 Å². The zero-order valence-electron chi connectivity index (χ0n) is 11.9. The largest absolute Gasteiger partial charge is 0.472 e. The van der Waals surface area contributed by atoms with Gasteiger partial charge in [0, 0.05) is 30.8 Å². The first-order valence-electron chi connectivity index (χ1n) is 7.43. The van der Waals surface area contributed by atoms with Crippen LogP contribution in [0.3, 0.4) is 0 Å². The van der Waals surface area contributed by atoms with Gasteiger partial charge in [-0.2, -0.15) is 0 Å². The molecule has 3 aromatic heterocycles. The molecule has 5 nitrogen and oxygen atoms in total. The van der Waals surface area contributed by atoms with Gasteiger partial charge in [0.05, 0.1) is 12.5 Å². The fraction of sp³-hybridized carbons (Fsp3) is 0.375. The lowest BCUT2D eigenvalue weighted by molar-refractivity contribution is 0.195. The smallest absolute Gasteiger partial charge is 0.160 e. The molecule has 1 atom stereocenters. The van der Waals surface area contributed by atoms with Gasteiger partial charge in [0.1, 0.15) is 5.82 Å². The molecule has 0 saturated carbocycles. The molecular weight excluding hydrogens is 264 g/mol. The topological polar surface area (TPSA) is 46.6 Å². The molecule has 4 heterocycles. The summed E-state index contributed by atoms with van der Waals surface area (Å²) in [5, 5.41) is 8.69. The summed E-state index contributed by atoms with van der Waals surface area (Å²) in [6.45, 7) is 3.11. The van der Waals surface area contributed by atoms with Crippen LogP contribution in [0.15, 0.2) is 47.4 Å². The van der Waals surface area contributed by atoms with E-state index in [9.17, 15) is 0 Å². The van der Waals surface area contributed by atoms with Gasteiger partial charge >= 0.3 is 0 Å². The zero-order valence-corrected chi connectivity index (χ0v) is 11.9. The number of pyridine rings is 1. The maximum atomic E-state index is 5.16. The third kappa shape index (κ3) is 2.45. The van der Waals surface area contributed by atoms with Crippen LogP contribution >= 0.6 is 0 Å². The molecule has 0 bridgehead atoms. The van der Waals surface area contributed by atoms with Gasteiger partial charge in [-0.15, -0.1) is 10.2 Å². The highest BCUT2D eigenvalue weighted by Crippen LogP contribution is 2.26. The molecule has 0 amide bonds. The van der Waals surface area contributed by atoms with E-state index < -0.39 is 0 Å². The fourth-order valence-electron chi connectivity index (χ4n) is 3.19. The Kier molecular flexibility index (Phi) is 3.20. The standard InChI is InChI=1S/C16H18N4O/c1-2-8-20-15(5-1)17-18-16(20)14-4-3-7-19(11-14)10-13-6-9-21-12-13/h1-2,5-6,8-9,12,14H,3-4,7,10-11H2/t14-/m1/s1. The van der Waals surface area contributed by atoms with E-state index in [1.165, 1.54) is 18.4 Å². The van der Waals surface area contributed by atoms with Crippen LogP contribution < -0.4 is 0 Å². The molecule has 5 heteroatoms. The molecule has 108 valence electrons. The van der Waals surface area contributed by atoms with Crippen LogP contribution in [0.5, 0.6) is 0 Å². The lowest BCUT2D eigenvalue weighted by Crippen LogP contribution is -2.34. The summed E-state index contributed by atoms with van der Waals surface area (Å²) in [7, 11) is 0. The molecule has 3 aromatic rings. The molecule has 0 aromatic carbocycles. The van der Waals surface area contributed by atoms with E-state index >= 15 is 0 Å². The van der Waals surface area contributed by atoms with Gasteiger partial charge in [-0.1, -0.05) is 6.07 Å². The molecule has 1 aliphatic rings. The second-order valence-electron chi connectivity index (χ2n) is 5.69. The van der Waals surface area contributed by atoms with Crippen molar-refractivity contribution in [3.05, 3.63) is 54.4 Å². The Morgan fingerprint density at radius 1 is 1.24 bits per heavy atom. The minimum absolute atomic E-state index is 0.447. The maximum absolute atomic E-state index is 5.16. The van der Waals surface area contributed by atoms with Gasteiger partial charge in [-0.05, 0) is 37.6 Å². The van der Waals surface area contributed by atoms with Gasteiger partial charge < -0.3 is 4.42 Å². The Morgan fingerprint density at radius 2 is 2.24 bits per heavy atom. The van der Waals surface area contributed by atoms with Crippen molar-refractivity contribution in [2.75, 3.05) is 13.1 Å². The molecule has 0 aliphatic carbocycles. The quantitative estimate of drug-likeness (QED) is 0.741. The highest BCUT2D eigenvalue weighted by atomic mass is 16.3. The molecule has 0 spiro atoms. The maximum Gasteiger partial charge on any atom is 0.160 e. The minimum Gasteiger partial charge on any atom is -0.472 e. The molecular formula is C16H18N4O. The number of piperidine rings is 1. The SMILES string of the molecule is c1ccn2c([C@@H]3CCCN(Cc4ccoc4)C3)nnc2c1. The third-order valence-corrected chi connectivity index (χ3v) is 4.20. The van der Waals surface area contributed by atoms with E-state index in [0.29, 0.717) is 5.92 Å². The number of rotatable bonds is 3. The zero-order chi connectivity index (χ0) is 14.1. The van der Waals surface area contributed by atoms with Crippen molar-refractivity contribution in [1.29, 1.82) is 0 Å².